The van der Waals surface area contributed by atoms with Gasteiger partial charge in [-0.3, -0.25) is 4.40 Å². The van der Waals surface area contributed by atoms with Crippen molar-refractivity contribution in [1.82, 2.24) is 9.38 Å². The Balaban J connectivity index is 1.83. The molecule has 2 heterocycles. The van der Waals surface area contributed by atoms with Gasteiger partial charge in [-0.1, -0.05) is 72.8 Å². The zero-order valence-electron chi connectivity index (χ0n) is 12.6. The van der Waals surface area contributed by atoms with Crippen molar-refractivity contribution in [1.29, 1.82) is 0 Å². The summed E-state index contributed by atoms with van der Waals surface area (Å²) in [5.41, 5.74) is 4.38. The van der Waals surface area contributed by atoms with Crippen LogP contribution in [0.15, 0.2) is 85.1 Å². The van der Waals surface area contributed by atoms with E-state index in [-0.39, 0.29) is 0 Å². The second-order valence-electron chi connectivity index (χ2n) is 5.39. The van der Waals surface area contributed by atoms with Crippen LogP contribution in [0.5, 0.6) is 0 Å². The summed E-state index contributed by atoms with van der Waals surface area (Å²) in [6.07, 6.45) is 6.24. The lowest BCUT2D eigenvalue weighted by atomic mass is 10.2. The summed E-state index contributed by atoms with van der Waals surface area (Å²) in [4.78, 5) is 4.85. The molecule has 2 aromatic carbocycles. The molecule has 0 N–H and O–H groups in total. The molecule has 0 aliphatic carbocycles. The van der Waals surface area contributed by atoms with Gasteiger partial charge in [-0.05, 0) is 23.8 Å². The van der Waals surface area contributed by atoms with E-state index in [0.29, 0.717) is 0 Å². The quantitative estimate of drug-likeness (QED) is 0.509. The third kappa shape index (κ3) is 2.67. The van der Waals surface area contributed by atoms with Crippen molar-refractivity contribution in [2.75, 3.05) is 0 Å². The van der Waals surface area contributed by atoms with E-state index in [2.05, 4.69) is 53.1 Å². The number of nitrogens with zero attached hydrogens (tertiary/aromatic N) is 2. The van der Waals surface area contributed by atoms with Crippen molar-refractivity contribution < 1.29 is 0 Å². The van der Waals surface area contributed by atoms with Crippen LogP contribution in [-0.2, 0) is 0 Å². The van der Waals surface area contributed by atoms with Crippen LogP contribution in [0.1, 0.15) is 11.3 Å². The second-order valence-corrected chi connectivity index (χ2v) is 5.39. The summed E-state index contributed by atoms with van der Waals surface area (Å²) in [5, 5.41) is 0. The lowest BCUT2D eigenvalue weighted by Gasteiger charge is -1.99. The first kappa shape index (κ1) is 13.5. The number of benzene rings is 2. The number of pyridine rings is 1. The predicted molar refractivity (Wildman–Crippen MR) is 96.0 cm³/mol. The highest BCUT2D eigenvalue weighted by molar-refractivity contribution is 5.79. The first-order valence-corrected chi connectivity index (χ1v) is 7.67. The van der Waals surface area contributed by atoms with Crippen LogP contribution in [0.2, 0.25) is 0 Å². The smallest absolute Gasteiger partial charge is 0.145 e. The Kier molecular flexibility index (Phi) is 3.49. The van der Waals surface area contributed by atoms with Crippen molar-refractivity contribution in [3.63, 3.8) is 0 Å². The molecule has 0 atom stereocenters. The van der Waals surface area contributed by atoms with Crippen LogP contribution < -0.4 is 0 Å². The summed E-state index contributed by atoms with van der Waals surface area (Å²) in [6, 6.07) is 26.8. The number of aromatic nitrogens is 2. The first-order chi connectivity index (χ1) is 11.4. The van der Waals surface area contributed by atoms with E-state index >= 15 is 0 Å². The SMILES string of the molecule is C(=C\c1nc(-c2ccccc2)n2ccccc12)/c1ccccc1. The molecule has 4 rings (SSSR count). The van der Waals surface area contributed by atoms with Gasteiger partial charge in [0.2, 0.25) is 0 Å². The average Bonchev–Trinajstić information content (AvgIpc) is 3.01. The minimum absolute atomic E-state index is 0.967. The fourth-order valence-electron chi connectivity index (χ4n) is 2.71. The summed E-state index contributed by atoms with van der Waals surface area (Å²) in [6.45, 7) is 0. The van der Waals surface area contributed by atoms with E-state index in [1.807, 2.05) is 48.5 Å². The molecule has 2 heteroatoms. The Bertz CT molecular complexity index is 951. The molecule has 2 aromatic heterocycles. The molecule has 2 nitrogen and oxygen atoms in total. The van der Waals surface area contributed by atoms with Crippen LogP contribution in [0, 0.1) is 0 Å². The Hall–Kier alpha value is -3.13. The minimum atomic E-state index is 0.967. The highest BCUT2D eigenvalue weighted by atomic mass is 15.0. The largest absolute Gasteiger partial charge is 0.299 e. The molecule has 110 valence electrons. The molecule has 0 amide bonds. The number of rotatable bonds is 3. The maximum atomic E-state index is 4.85. The molecule has 0 saturated heterocycles. The van der Waals surface area contributed by atoms with E-state index in [1.165, 1.54) is 5.56 Å². The zero-order valence-corrected chi connectivity index (χ0v) is 12.6. The molecule has 0 radical (unpaired) electrons. The fourth-order valence-corrected chi connectivity index (χ4v) is 2.71. The van der Waals surface area contributed by atoms with Gasteiger partial charge in [-0.15, -0.1) is 0 Å². The monoisotopic (exact) mass is 296 g/mol. The van der Waals surface area contributed by atoms with Crippen LogP contribution in [-0.4, -0.2) is 9.38 Å². The molecular weight excluding hydrogens is 280 g/mol. The van der Waals surface area contributed by atoms with Crippen molar-refractivity contribution >= 4 is 17.7 Å². The molecule has 0 spiro atoms. The summed E-state index contributed by atoms with van der Waals surface area (Å²) < 4.78 is 2.14. The van der Waals surface area contributed by atoms with E-state index in [1.54, 1.807) is 0 Å². The molecule has 0 bridgehead atoms. The van der Waals surface area contributed by atoms with E-state index in [0.717, 1.165) is 22.6 Å². The normalized spacial score (nSPS) is 11.3. The van der Waals surface area contributed by atoms with Crippen LogP contribution in [0.25, 0.3) is 29.1 Å². The zero-order chi connectivity index (χ0) is 15.5. The molecule has 0 unspecified atom stereocenters. The summed E-state index contributed by atoms with van der Waals surface area (Å²) >= 11 is 0. The molecule has 0 saturated carbocycles. The van der Waals surface area contributed by atoms with E-state index in [4.69, 9.17) is 4.98 Å². The van der Waals surface area contributed by atoms with Crippen LogP contribution >= 0.6 is 0 Å². The predicted octanol–water partition coefficient (Wildman–Crippen LogP) is 5.17. The van der Waals surface area contributed by atoms with Gasteiger partial charge < -0.3 is 0 Å². The van der Waals surface area contributed by atoms with Crippen molar-refractivity contribution in [3.05, 3.63) is 96.3 Å². The average molecular weight is 296 g/mol. The Morgan fingerprint density at radius 3 is 2.17 bits per heavy atom. The first-order valence-electron chi connectivity index (χ1n) is 7.67. The Labute approximate surface area is 135 Å². The van der Waals surface area contributed by atoms with Gasteiger partial charge in [-0.2, -0.15) is 0 Å². The molecule has 0 aliphatic rings. The summed E-state index contributed by atoms with van der Waals surface area (Å²) in [7, 11) is 0. The maximum Gasteiger partial charge on any atom is 0.145 e. The molecular formula is C21H16N2. The summed E-state index contributed by atoms with van der Waals surface area (Å²) in [5.74, 6) is 0.967. The molecule has 0 aliphatic heterocycles. The Morgan fingerprint density at radius 1 is 0.696 bits per heavy atom. The van der Waals surface area contributed by atoms with Crippen LogP contribution in [0.4, 0.5) is 0 Å². The van der Waals surface area contributed by atoms with Gasteiger partial charge in [0.25, 0.3) is 0 Å². The fraction of sp³-hybridized carbons (Fsp3) is 0. The standard InChI is InChI=1S/C21H16N2/c1-3-9-17(10-4-1)14-15-19-20-13-7-8-16-23(20)21(22-19)18-11-5-2-6-12-18/h1-16H/b15-14+. The van der Waals surface area contributed by atoms with Crippen molar-refractivity contribution in [2.24, 2.45) is 0 Å². The van der Waals surface area contributed by atoms with Gasteiger partial charge in [0.1, 0.15) is 5.82 Å². The third-order valence-corrected chi connectivity index (χ3v) is 3.84. The number of fused-ring (bicyclic) bond motifs is 1. The van der Waals surface area contributed by atoms with Crippen molar-refractivity contribution in [3.8, 4) is 11.4 Å². The second kappa shape index (κ2) is 5.93. The number of hydrogen-bond donors (Lipinski definition) is 0. The number of imidazole rings is 1. The van der Waals surface area contributed by atoms with Crippen LogP contribution in [0.3, 0.4) is 0 Å². The highest BCUT2D eigenvalue weighted by Crippen LogP contribution is 2.23. The topological polar surface area (TPSA) is 17.3 Å². The highest BCUT2D eigenvalue weighted by Gasteiger charge is 2.09. The molecule has 23 heavy (non-hydrogen) atoms. The third-order valence-electron chi connectivity index (χ3n) is 3.84. The Morgan fingerprint density at radius 2 is 1.39 bits per heavy atom. The van der Waals surface area contributed by atoms with E-state index in [9.17, 15) is 0 Å². The van der Waals surface area contributed by atoms with Crippen molar-refractivity contribution in [2.45, 2.75) is 0 Å². The lowest BCUT2D eigenvalue weighted by Crippen LogP contribution is -1.87. The molecule has 0 fully saturated rings. The van der Waals surface area contributed by atoms with Gasteiger partial charge in [0, 0.05) is 11.8 Å². The van der Waals surface area contributed by atoms with Gasteiger partial charge in [0.05, 0.1) is 11.2 Å². The van der Waals surface area contributed by atoms with Gasteiger partial charge in [0.15, 0.2) is 0 Å². The van der Waals surface area contributed by atoms with Gasteiger partial charge >= 0.3 is 0 Å². The van der Waals surface area contributed by atoms with Gasteiger partial charge in [-0.25, -0.2) is 4.98 Å². The van der Waals surface area contributed by atoms with E-state index < -0.39 is 0 Å². The molecule has 4 aromatic rings. The number of hydrogen-bond acceptors (Lipinski definition) is 1. The lowest BCUT2D eigenvalue weighted by molar-refractivity contribution is 1.16. The minimum Gasteiger partial charge on any atom is -0.299 e. The maximum absolute atomic E-state index is 4.85.